The lowest BCUT2D eigenvalue weighted by Gasteiger charge is -2.11. The summed E-state index contributed by atoms with van der Waals surface area (Å²) in [5.74, 6) is -0.136. The smallest absolute Gasteiger partial charge is 0.235 e. The zero-order chi connectivity index (χ0) is 20.7. The molecule has 3 aromatic rings. The Morgan fingerprint density at radius 3 is 2.41 bits per heavy atom. The van der Waals surface area contributed by atoms with Gasteiger partial charge in [0, 0.05) is 0 Å². The van der Waals surface area contributed by atoms with Gasteiger partial charge in [0.05, 0.1) is 19.4 Å². The van der Waals surface area contributed by atoms with Gasteiger partial charge in [-0.3, -0.25) is 4.79 Å². The fourth-order valence-electron chi connectivity index (χ4n) is 3.05. The van der Waals surface area contributed by atoms with E-state index in [4.69, 9.17) is 9.47 Å². The Balaban J connectivity index is 1.51. The Morgan fingerprint density at radius 1 is 0.931 bits per heavy atom. The van der Waals surface area contributed by atoms with E-state index in [1.807, 2.05) is 48.5 Å². The van der Waals surface area contributed by atoms with Crippen LogP contribution in [0.4, 0.5) is 0 Å². The van der Waals surface area contributed by atoms with Crippen molar-refractivity contribution < 1.29 is 22.7 Å². The molecule has 3 rings (SSSR count). The van der Waals surface area contributed by atoms with Crippen molar-refractivity contribution in [1.29, 1.82) is 0 Å². The first kappa shape index (κ1) is 20.7. The first-order valence-corrected chi connectivity index (χ1v) is 11.0. The maximum Gasteiger partial charge on any atom is 0.235 e. The van der Waals surface area contributed by atoms with Gasteiger partial charge in [0.15, 0.2) is 21.3 Å². The van der Waals surface area contributed by atoms with Crippen LogP contribution in [0.2, 0.25) is 0 Å². The number of amides is 1. The lowest BCUT2D eigenvalue weighted by Crippen LogP contribution is -2.33. The van der Waals surface area contributed by atoms with Crippen LogP contribution in [0.25, 0.3) is 10.8 Å². The minimum atomic E-state index is -3.60. The van der Waals surface area contributed by atoms with Gasteiger partial charge in [-0.2, -0.15) is 0 Å². The molecule has 0 radical (unpaired) electrons. The van der Waals surface area contributed by atoms with Gasteiger partial charge in [-0.15, -0.1) is 0 Å². The van der Waals surface area contributed by atoms with Crippen molar-refractivity contribution >= 4 is 26.5 Å². The summed E-state index contributed by atoms with van der Waals surface area (Å²) in [4.78, 5) is 12.1. The van der Waals surface area contributed by atoms with Gasteiger partial charge in [-0.05, 0) is 28.5 Å². The third-order valence-electron chi connectivity index (χ3n) is 4.36. The molecule has 0 aliphatic carbocycles. The monoisotopic (exact) mass is 413 g/mol. The van der Waals surface area contributed by atoms with Crippen LogP contribution < -0.4 is 14.8 Å². The average Bonchev–Trinajstić information content (AvgIpc) is 2.71. The second kappa shape index (κ2) is 9.43. The van der Waals surface area contributed by atoms with Gasteiger partial charge in [-0.1, -0.05) is 54.6 Å². The van der Waals surface area contributed by atoms with E-state index in [0.717, 1.165) is 10.8 Å². The highest BCUT2D eigenvalue weighted by Gasteiger charge is 2.18. The van der Waals surface area contributed by atoms with Crippen LogP contribution in [0.5, 0.6) is 11.5 Å². The van der Waals surface area contributed by atoms with Crippen molar-refractivity contribution in [1.82, 2.24) is 5.32 Å². The fraction of sp³-hybridized carbons (Fsp3) is 0.227. The maximum absolute atomic E-state index is 12.5. The van der Waals surface area contributed by atoms with E-state index in [9.17, 15) is 13.2 Å². The molecule has 0 saturated heterocycles. The van der Waals surface area contributed by atoms with Crippen molar-refractivity contribution in [2.24, 2.45) is 0 Å². The third kappa shape index (κ3) is 5.71. The van der Waals surface area contributed by atoms with Crippen LogP contribution in [0.1, 0.15) is 5.56 Å². The number of carbonyl (C=O) groups is 1. The molecule has 152 valence electrons. The van der Waals surface area contributed by atoms with Crippen molar-refractivity contribution in [3.05, 3.63) is 72.3 Å². The molecular weight excluding hydrogens is 390 g/mol. The topological polar surface area (TPSA) is 81.7 Å². The molecule has 0 aliphatic rings. The van der Waals surface area contributed by atoms with E-state index >= 15 is 0 Å². The normalized spacial score (nSPS) is 11.2. The molecule has 0 atom stereocenters. The molecule has 0 unspecified atom stereocenters. The summed E-state index contributed by atoms with van der Waals surface area (Å²) in [6, 6.07) is 20.3. The van der Waals surface area contributed by atoms with Crippen LogP contribution in [0.3, 0.4) is 0 Å². The highest BCUT2D eigenvalue weighted by Crippen LogP contribution is 2.25. The van der Waals surface area contributed by atoms with E-state index in [1.54, 1.807) is 25.3 Å². The lowest BCUT2D eigenvalue weighted by atomic mass is 10.1. The zero-order valence-corrected chi connectivity index (χ0v) is 16.9. The standard InChI is InChI=1S/C22H23NO5S/c1-27-20-11-4-5-12-21(20)28-14-13-23-22(24)16-29(25,26)15-18-9-6-8-17-7-2-3-10-19(17)18/h2-12H,13-16H2,1H3,(H,23,24). The molecule has 0 fully saturated rings. The predicted octanol–water partition coefficient (Wildman–Crippen LogP) is 2.96. The van der Waals surface area contributed by atoms with Crippen LogP contribution in [-0.4, -0.2) is 40.3 Å². The van der Waals surface area contributed by atoms with Gasteiger partial charge in [-0.25, -0.2) is 8.42 Å². The van der Waals surface area contributed by atoms with Crippen molar-refractivity contribution in [3.63, 3.8) is 0 Å². The number of ether oxygens (including phenoxy) is 2. The third-order valence-corrected chi connectivity index (χ3v) is 5.81. The Labute approximate surface area is 170 Å². The molecule has 0 saturated carbocycles. The highest BCUT2D eigenvalue weighted by atomic mass is 32.2. The average molecular weight is 413 g/mol. The minimum absolute atomic E-state index is 0.181. The SMILES string of the molecule is COc1ccccc1OCCNC(=O)CS(=O)(=O)Cc1cccc2ccccc12. The van der Waals surface area contributed by atoms with Gasteiger partial charge in [0.1, 0.15) is 12.4 Å². The molecule has 1 N–H and O–H groups in total. The second-order valence-electron chi connectivity index (χ2n) is 6.52. The number of benzene rings is 3. The summed E-state index contributed by atoms with van der Waals surface area (Å²) in [6.07, 6.45) is 0. The molecule has 29 heavy (non-hydrogen) atoms. The van der Waals surface area contributed by atoms with Crippen molar-refractivity contribution in [2.75, 3.05) is 26.0 Å². The van der Waals surface area contributed by atoms with Gasteiger partial charge >= 0.3 is 0 Å². The fourth-order valence-corrected chi connectivity index (χ4v) is 4.38. The molecule has 0 bridgehead atoms. The van der Waals surface area contributed by atoms with Crippen LogP contribution in [-0.2, 0) is 20.4 Å². The number of nitrogens with one attached hydrogen (secondary N) is 1. The maximum atomic E-state index is 12.5. The summed E-state index contributed by atoms with van der Waals surface area (Å²) >= 11 is 0. The Bertz CT molecular complexity index is 1090. The molecule has 7 heteroatoms. The lowest BCUT2D eigenvalue weighted by molar-refractivity contribution is -0.118. The van der Waals surface area contributed by atoms with E-state index in [1.165, 1.54) is 0 Å². The number of para-hydroxylation sites is 2. The Morgan fingerprint density at radius 2 is 1.62 bits per heavy atom. The van der Waals surface area contributed by atoms with Crippen LogP contribution in [0.15, 0.2) is 66.7 Å². The van der Waals surface area contributed by atoms with E-state index in [0.29, 0.717) is 17.1 Å². The van der Waals surface area contributed by atoms with Crippen LogP contribution >= 0.6 is 0 Å². The van der Waals surface area contributed by atoms with Gasteiger partial charge < -0.3 is 14.8 Å². The summed E-state index contributed by atoms with van der Waals surface area (Å²) in [6.45, 7) is 0.399. The van der Waals surface area contributed by atoms with E-state index < -0.39 is 21.5 Å². The molecule has 1 amide bonds. The largest absolute Gasteiger partial charge is 0.493 e. The summed E-state index contributed by atoms with van der Waals surface area (Å²) < 4.78 is 35.7. The number of hydrogen-bond donors (Lipinski definition) is 1. The number of methoxy groups -OCH3 is 1. The molecule has 0 aromatic heterocycles. The highest BCUT2D eigenvalue weighted by molar-refractivity contribution is 7.91. The summed E-state index contributed by atoms with van der Waals surface area (Å²) in [7, 11) is -2.05. The molecular formula is C22H23NO5S. The Hall–Kier alpha value is -3.06. The zero-order valence-electron chi connectivity index (χ0n) is 16.1. The predicted molar refractivity (Wildman–Crippen MR) is 113 cm³/mol. The van der Waals surface area contributed by atoms with Gasteiger partial charge in [0.25, 0.3) is 0 Å². The molecule has 0 aliphatic heterocycles. The number of rotatable bonds is 9. The molecule has 3 aromatic carbocycles. The quantitative estimate of drug-likeness (QED) is 0.546. The summed E-state index contributed by atoms with van der Waals surface area (Å²) in [5, 5.41) is 4.43. The van der Waals surface area contributed by atoms with E-state index in [2.05, 4.69) is 5.32 Å². The first-order chi connectivity index (χ1) is 14.0. The summed E-state index contributed by atoms with van der Waals surface area (Å²) in [5.41, 5.74) is 0.690. The van der Waals surface area contributed by atoms with Gasteiger partial charge in [0.2, 0.25) is 5.91 Å². The van der Waals surface area contributed by atoms with E-state index in [-0.39, 0.29) is 18.9 Å². The number of hydrogen-bond acceptors (Lipinski definition) is 5. The first-order valence-electron chi connectivity index (χ1n) is 9.18. The number of carbonyl (C=O) groups excluding carboxylic acids is 1. The number of fused-ring (bicyclic) bond motifs is 1. The molecule has 0 spiro atoms. The minimum Gasteiger partial charge on any atom is -0.493 e. The van der Waals surface area contributed by atoms with Crippen molar-refractivity contribution in [2.45, 2.75) is 5.75 Å². The second-order valence-corrected chi connectivity index (χ2v) is 8.58. The molecule has 0 heterocycles. The molecule has 6 nitrogen and oxygen atoms in total. The van der Waals surface area contributed by atoms with Crippen molar-refractivity contribution in [3.8, 4) is 11.5 Å². The number of sulfone groups is 1. The Kier molecular flexibility index (Phi) is 6.72. The van der Waals surface area contributed by atoms with Crippen LogP contribution in [0, 0.1) is 0 Å².